The molecule has 5 nitrogen and oxygen atoms in total. The van der Waals surface area contributed by atoms with Crippen LogP contribution in [0, 0.1) is 17.2 Å². The highest BCUT2D eigenvalue weighted by Gasteiger charge is 2.51. The predicted molar refractivity (Wildman–Crippen MR) is 164 cm³/mol. The number of carbonyl (C=O) groups is 2. The van der Waals surface area contributed by atoms with Crippen molar-refractivity contribution in [3.63, 3.8) is 0 Å². The molecule has 3 saturated carbocycles. The maximum Gasteiger partial charge on any atom is 0.229 e. The fraction of sp³-hybridized carbons (Fsp3) is 0.611. The van der Waals surface area contributed by atoms with Crippen LogP contribution in [0.25, 0.3) is 11.1 Å². The van der Waals surface area contributed by atoms with Crippen LogP contribution in [0.5, 0.6) is 5.75 Å². The average Bonchev–Trinajstić information content (AvgIpc) is 3.53. The minimum Gasteiger partial charge on any atom is -0.490 e. The Hall–Kier alpha value is -2.73. The molecular weight excluding hydrogens is 527 g/mol. The summed E-state index contributed by atoms with van der Waals surface area (Å²) in [4.78, 5) is 26.3. The van der Waals surface area contributed by atoms with Crippen LogP contribution in [-0.2, 0) is 15.0 Å². The van der Waals surface area contributed by atoms with Gasteiger partial charge < -0.3 is 15.4 Å². The second kappa shape index (κ2) is 11.1. The van der Waals surface area contributed by atoms with E-state index in [1.165, 1.54) is 19.3 Å². The molecule has 0 unspecified atom stereocenters. The minimum atomic E-state index is -0.756. The highest BCUT2D eigenvalue weighted by molar-refractivity contribution is 5.88. The van der Waals surface area contributed by atoms with Crippen LogP contribution in [0.2, 0.25) is 0 Å². The largest absolute Gasteiger partial charge is 0.490 e. The van der Waals surface area contributed by atoms with Crippen molar-refractivity contribution in [3.05, 3.63) is 53.3 Å². The Labute approximate surface area is 250 Å². The number of Topliss-reactive ketones (excluding diaryl/α,β-unsaturated/α-hetero) is 1. The second-order valence-electron chi connectivity index (χ2n) is 14.5. The van der Waals surface area contributed by atoms with E-state index in [0.717, 1.165) is 79.5 Å². The van der Waals surface area contributed by atoms with E-state index >= 15 is 4.39 Å². The molecule has 2 aromatic carbocycles. The van der Waals surface area contributed by atoms with Gasteiger partial charge in [-0.15, -0.1) is 0 Å². The molecule has 6 heteroatoms. The molecule has 226 valence electrons. The van der Waals surface area contributed by atoms with Crippen LogP contribution < -0.4 is 15.4 Å². The van der Waals surface area contributed by atoms with Gasteiger partial charge in [0.1, 0.15) is 17.3 Å². The quantitative estimate of drug-likeness (QED) is 0.332. The van der Waals surface area contributed by atoms with Crippen molar-refractivity contribution in [2.24, 2.45) is 11.3 Å². The molecule has 0 radical (unpaired) electrons. The summed E-state index contributed by atoms with van der Waals surface area (Å²) in [5.74, 6) is 1.42. The lowest BCUT2D eigenvalue weighted by Crippen LogP contribution is -2.45. The summed E-state index contributed by atoms with van der Waals surface area (Å²) in [6.07, 6.45) is 11.1. The standard InChI is InChI=1S/C36H47FN2O3/c1-34(2,33(41)38-4)25-13-15-30(28(20-25)27-10-6-11-29(37)32(27)24-8-5-9-24)42-26-14-12-23(18-26)19-31(40)35(3)21-36(39-22-35)16-7-17-36/h6,10-11,13,15,20,23-24,26,39H,5,7-9,12,14,16-19,21-22H2,1-4H3,(H,38,41)/t23-,26-,35+/m1/s1. The maximum atomic E-state index is 15.3. The Morgan fingerprint density at radius 2 is 1.86 bits per heavy atom. The first-order valence-electron chi connectivity index (χ1n) is 16.1. The molecule has 3 atom stereocenters. The van der Waals surface area contributed by atoms with Gasteiger partial charge in [-0.2, -0.15) is 0 Å². The molecule has 0 bridgehead atoms. The van der Waals surface area contributed by atoms with Crippen LogP contribution in [0.3, 0.4) is 0 Å². The Morgan fingerprint density at radius 1 is 1.07 bits per heavy atom. The van der Waals surface area contributed by atoms with Crippen molar-refractivity contribution >= 4 is 11.7 Å². The van der Waals surface area contributed by atoms with Crippen LogP contribution in [0.4, 0.5) is 4.39 Å². The van der Waals surface area contributed by atoms with E-state index in [2.05, 4.69) is 17.6 Å². The van der Waals surface area contributed by atoms with Gasteiger partial charge in [0.2, 0.25) is 5.91 Å². The zero-order valence-corrected chi connectivity index (χ0v) is 25.8. The topological polar surface area (TPSA) is 67.4 Å². The monoisotopic (exact) mass is 574 g/mol. The minimum absolute atomic E-state index is 0.00699. The molecule has 4 fully saturated rings. The summed E-state index contributed by atoms with van der Waals surface area (Å²) in [7, 11) is 1.65. The maximum absolute atomic E-state index is 15.3. The molecule has 4 aliphatic rings. The zero-order chi connectivity index (χ0) is 29.7. The lowest BCUT2D eigenvalue weighted by Gasteiger charge is -2.39. The third kappa shape index (κ3) is 5.29. The molecule has 1 spiro atoms. The molecule has 1 aliphatic heterocycles. The number of carbonyl (C=O) groups excluding carboxylic acids is 2. The number of ether oxygens (including phenoxy) is 1. The SMILES string of the molecule is CNC(=O)C(C)(C)c1ccc(O[C@@H]2CC[C@@H](CC(=O)[C@]3(C)CNC4(CCC4)C3)C2)c(-c2cccc(F)c2C2CCC2)c1. The summed E-state index contributed by atoms with van der Waals surface area (Å²) in [6, 6.07) is 11.3. The first-order chi connectivity index (χ1) is 20.0. The van der Waals surface area contributed by atoms with Gasteiger partial charge in [0.05, 0.1) is 11.5 Å². The van der Waals surface area contributed by atoms with Crippen molar-refractivity contribution in [2.45, 2.75) is 114 Å². The first-order valence-corrected chi connectivity index (χ1v) is 16.1. The molecule has 1 amide bonds. The molecular formula is C36H47FN2O3. The summed E-state index contributed by atoms with van der Waals surface area (Å²) >= 11 is 0. The van der Waals surface area contributed by atoms with Gasteiger partial charge >= 0.3 is 0 Å². The van der Waals surface area contributed by atoms with Crippen molar-refractivity contribution in [1.82, 2.24) is 10.6 Å². The highest BCUT2D eigenvalue weighted by Crippen LogP contribution is 2.49. The van der Waals surface area contributed by atoms with Crippen molar-refractivity contribution in [1.29, 1.82) is 0 Å². The van der Waals surface area contributed by atoms with Crippen LogP contribution in [0.15, 0.2) is 36.4 Å². The Bertz CT molecular complexity index is 1360. The van der Waals surface area contributed by atoms with Crippen molar-refractivity contribution in [2.75, 3.05) is 13.6 Å². The molecule has 0 aromatic heterocycles. The van der Waals surface area contributed by atoms with E-state index in [1.807, 2.05) is 38.1 Å². The molecule has 6 rings (SSSR count). The first kappa shape index (κ1) is 29.3. The van der Waals surface area contributed by atoms with Crippen LogP contribution in [0.1, 0.15) is 108 Å². The molecule has 3 aliphatic carbocycles. The van der Waals surface area contributed by atoms with E-state index in [-0.39, 0.29) is 34.7 Å². The highest BCUT2D eigenvalue weighted by atomic mass is 19.1. The average molecular weight is 575 g/mol. The van der Waals surface area contributed by atoms with Gasteiger partial charge in [-0.25, -0.2) is 4.39 Å². The fourth-order valence-electron chi connectivity index (χ4n) is 7.98. The number of amides is 1. The Balaban J connectivity index is 1.23. The fourth-order valence-corrected chi connectivity index (χ4v) is 7.98. The number of halogens is 1. The number of hydrogen-bond acceptors (Lipinski definition) is 4. The van der Waals surface area contributed by atoms with Gasteiger partial charge in [-0.3, -0.25) is 9.59 Å². The lowest BCUT2D eigenvalue weighted by molar-refractivity contribution is -0.128. The predicted octanol–water partition coefficient (Wildman–Crippen LogP) is 7.21. The summed E-state index contributed by atoms with van der Waals surface area (Å²) in [5, 5.41) is 6.47. The third-order valence-electron chi connectivity index (χ3n) is 11.2. The van der Waals surface area contributed by atoms with Gasteiger partial charge in [0.15, 0.2) is 0 Å². The zero-order valence-electron chi connectivity index (χ0n) is 25.8. The van der Waals surface area contributed by atoms with E-state index < -0.39 is 5.41 Å². The summed E-state index contributed by atoms with van der Waals surface area (Å²) in [5.41, 5.74) is 2.55. The number of ketones is 1. The number of benzene rings is 2. The number of hydrogen-bond donors (Lipinski definition) is 2. The van der Waals surface area contributed by atoms with Gasteiger partial charge in [-0.1, -0.05) is 31.5 Å². The Morgan fingerprint density at radius 3 is 2.50 bits per heavy atom. The smallest absolute Gasteiger partial charge is 0.229 e. The number of rotatable bonds is 9. The molecule has 42 heavy (non-hydrogen) atoms. The van der Waals surface area contributed by atoms with Gasteiger partial charge in [0.25, 0.3) is 0 Å². The van der Waals surface area contributed by atoms with E-state index in [0.29, 0.717) is 18.1 Å². The van der Waals surface area contributed by atoms with E-state index in [1.54, 1.807) is 19.2 Å². The van der Waals surface area contributed by atoms with Crippen LogP contribution in [-0.4, -0.2) is 36.9 Å². The van der Waals surface area contributed by atoms with Crippen LogP contribution >= 0.6 is 0 Å². The molecule has 1 heterocycles. The van der Waals surface area contributed by atoms with E-state index in [9.17, 15) is 9.59 Å². The summed E-state index contributed by atoms with van der Waals surface area (Å²) < 4.78 is 22.0. The lowest BCUT2D eigenvalue weighted by atomic mass is 9.69. The van der Waals surface area contributed by atoms with Crippen molar-refractivity contribution < 1.29 is 18.7 Å². The van der Waals surface area contributed by atoms with Crippen molar-refractivity contribution in [3.8, 4) is 16.9 Å². The molecule has 2 aromatic rings. The number of likely N-dealkylation sites (N-methyl/N-ethyl adjacent to an activating group) is 1. The molecule has 1 saturated heterocycles. The van der Waals surface area contributed by atoms with E-state index in [4.69, 9.17) is 4.74 Å². The molecule has 2 N–H and O–H groups in total. The number of nitrogens with one attached hydrogen (secondary N) is 2. The van der Waals surface area contributed by atoms with Gasteiger partial charge in [0, 0.05) is 36.5 Å². The normalized spacial score (nSPS) is 27.0. The third-order valence-corrected chi connectivity index (χ3v) is 11.2. The van der Waals surface area contributed by atoms with Gasteiger partial charge in [-0.05, 0) is 118 Å². The summed E-state index contributed by atoms with van der Waals surface area (Å²) in [6.45, 7) is 6.79. The Kier molecular flexibility index (Phi) is 7.74. The second-order valence-corrected chi connectivity index (χ2v) is 14.5.